The highest BCUT2D eigenvalue weighted by Gasteiger charge is 2.56. The molecule has 0 aliphatic heterocycles. The zero-order valence-electron chi connectivity index (χ0n) is 13.8. The topological polar surface area (TPSA) is 18.5 Å². The van der Waals surface area contributed by atoms with E-state index in [-0.39, 0.29) is 10.6 Å². The molecule has 0 aromatic heterocycles. The van der Waals surface area contributed by atoms with E-state index in [1.54, 1.807) is 0 Å². The minimum atomic E-state index is -1.74. The Morgan fingerprint density at radius 1 is 1.45 bits per heavy atom. The van der Waals surface area contributed by atoms with Gasteiger partial charge < -0.3 is 9.16 Å². The van der Waals surface area contributed by atoms with Crippen molar-refractivity contribution in [1.29, 1.82) is 0 Å². The molecule has 0 unspecified atom stereocenters. The Morgan fingerprint density at radius 3 is 2.70 bits per heavy atom. The van der Waals surface area contributed by atoms with E-state index < -0.39 is 8.32 Å². The predicted octanol–water partition coefficient (Wildman–Crippen LogP) is 4.69. The maximum Gasteiger partial charge on any atom is 0.193 e. The van der Waals surface area contributed by atoms with Gasteiger partial charge in [0, 0.05) is 5.92 Å². The van der Waals surface area contributed by atoms with Gasteiger partial charge in [-0.25, -0.2) is 0 Å². The fourth-order valence-electron chi connectivity index (χ4n) is 3.13. The number of rotatable bonds is 6. The van der Waals surface area contributed by atoms with Crippen molar-refractivity contribution in [2.75, 3.05) is 13.2 Å². The normalized spacial score (nSPS) is 29.6. The smallest absolute Gasteiger partial charge is 0.193 e. The molecule has 0 radical (unpaired) electrons. The van der Waals surface area contributed by atoms with Gasteiger partial charge in [-0.1, -0.05) is 32.9 Å². The van der Waals surface area contributed by atoms with Gasteiger partial charge in [-0.2, -0.15) is 0 Å². The molecule has 3 heteroatoms. The Kier molecular flexibility index (Phi) is 4.34. The van der Waals surface area contributed by atoms with Crippen LogP contribution >= 0.6 is 0 Å². The molecule has 0 spiro atoms. The molecule has 2 aliphatic rings. The van der Waals surface area contributed by atoms with Gasteiger partial charge in [-0.05, 0) is 43.0 Å². The summed E-state index contributed by atoms with van der Waals surface area (Å²) in [4.78, 5) is 0. The summed E-state index contributed by atoms with van der Waals surface area (Å²) in [6.07, 6.45) is 7.93. The molecular formula is C17H30O2Si. The predicted molar refractivity (Wildman–Crippen MR) is 87.5 cm³/mol. The van der Waals surface area contributed by atoms with Crippen LogP contribution in [0.5, 0.6) is 0 Å². The molecule has 20 heavy (non-hydrogen) atoms. The summed E-state index contributed by atoms with van der Waals surface area (Å²) >= 11 is 0. The van der Waals surface area contributed by atoms with Gasteiger partial charge in [-0.3, -0.25) is 0 Å². The van der Waals surface area contributed by atoms with Gasteiger partial charge in [0.05, 0.1) is 18.8 Å². The molecule has 0 N–H and O–H groups in total. The Morgan fingerprint density at radius 2 is 2.15 bits per heavy atom. The van der Waals surface area contributed by atoms with Crippen molar-refractivity contribution < 1.29 is 9.16 Å². The van der Waals surface area contributed by atoms with Crippen LogP contribution in [0.2, 0.25) is 18.1 Å². The van der Waals surface area contributed by atoms with Crippen molar-refractivity contribution >= 4 is 8.32 Å². The van der Waals surface area contributed by atoms with E-state index in [1.165, 1.54) is 24.8 Å². The lowest BCUT2D eigenvalue weighted by molar-refractivity contribution is 0.0246. The van der Waals surface area contributed by atoms with Crippen LogP contribution in [0.4, 0.5) is 0 Å². The van der Waals surface area contributed by atoms with E-state index in [9.17, 15) is 0 Å². The molecule has 114 valence electrons. The fraction of sp³-hybridized carbons (Fsp3) is 0.765. The standard InChI is InChI=1S/C17H30O2Si/c1-7-11-18-13-15-12-14-9-8-10-17(14,15)19-20(5,6)16(2,3)4/h7,12,14H,1,8-11,13H2,2-6H3/t14-,17+/m1/s1. The van der Waals surface area contributed by atoms with Crippen LogP contribution in [-0.2, 0) is 9.16 Å². The molecule has 0 bridgehead atoms. The van der Waals surface area contributed by atoms with E-state index in [2.05, 4.69) is 46.5 Å². The lowest BCUT2D eigenvalue weighted by atomic mass is 9.73. The first-order valence-electron chi connectivity index (χ1n) is 7.83. The second kappa shape index (κ2) is 5.43. The minimum Gasteiger partial charge on any atom is -0.407 e. The average Bonchev–Trinajstić information content (AvgIpc) is 2.61. The second-order valence-electron chi connectivity index (χ2n) is 7.75. The Bertz CT molecular complexity index is 406. The first-order chi connectivity index (χ1) is 9.23. The lowest BCUT2D eigenvalue weighted by Gasteiger charge is -2.51. The average molecular weight is 295 g/mol. The molecule has 0 heterocycles. The maximum absolute atomic E-state index is 6.86. The monoisotopic (exact) mass is 294 g/mol. The van der Waals surface area contributed by atoms with Crippen LogP contribution < -0.4 is 0 Å². The molecular weight excluding hydrogens is 264 g/mol. The number of fused-ring (bicyclic) bond motifs is 1. The Hall–Kier alpha value is -0.383. The quantitative estimate of drug-likeness (QED) is 0.402. The first kappa shape index (κ1) is 16.0. The molecule has 1 saturated carbocycles. The lowest BCUT2D eigenvalue weighted by Crippen LogP contribution is -2.56. The summed E-state index contributed by atoms with van der Waals surface area (Å²) in [6.45, 7) is 16.7. The third-order valence-corrected chi connectivity index (χ3v) is 9.83. The van der Waals surface area contributed by atoms with Crippen molar-refractivity contribution in [1.82, 2.24) is 0 Å². The van der Waals surface area contributed by atoms with Crippen molar-refractivity contribution in [3.63, 3.8) is 0 Å². The summed E-state index contributed by atoms with van der Waals surface area (Å²) in [5.74, 6) is 0.624. The van der Waals surface area contributed by atoms with E-state index in [4.69, 9.17) is 9.16 Å². The van der Waals surface area contributed by atoms with E-state index in [0.29, 0.717) is 19.1 Å². The second-order valence-corrected chi connectivity index (χ2v) is 12.5. The zero-order chi connectivity index (χ0) is 15.0. The number of hydrogen-bond donors (Lipinski definition) is 0. The molecule has 0 saturated heterocycles. The van der Waals surface area contributed by atoms with E-state index in [1.807, 2.05) is 6.08 Å². The summed E-state index contributed by atoms with van der Waals surface area (Å²) < 4.78 is 12.5. The van der Waals surface area contributed by atoms with Gasteiger partial charge >= 0.3 is 0 Å². The number of hydrogen-bond acceptors (Lipinski definition) is 2. The van der Waals surface area contributed by atoms with Gasteiger partial charge in [-0.15, -0.1) is 6.58 Å². The molecule has 2 atom stereocenters. The van der Waals surface area contributed by atoms with Crippen molar-refractivity contribution in [2.24, 2.45) is 5.92 Å². The van der Waals surface area contributed by atoms with Crippen molar-refractivity contribution in [2.45, 2.75) is 63.8 Å². The van der Waals surface area contributed by atoms with Crippen molar-refractivity contribution in [3.8, 4) is 0 Å². The summed E-state index contributed by atoms with van der Waals surface area (Å²) in [5.41, 5.74) is 1.39. The Labute approximate surface area is 125 Å². The third-order valence-electron chi connectivity index (χ3n) is 5.34. The van der Waals surface area contributed by atoms with Gasteiger partial charge in [0.25, 0.3) is 0 Å². The van der Waals surface area contributed by atoms with Crippen LogP contribution in [0.3, 0.4) is 0 Å². The van der Waals surface area contributed by atoms with Crippen LogP contribution in [0, 0.1) is 5.92 Å². The molecule has 1 fully saturated rings. The van der Waals surface area contributed by atoms with Crippen molar-refractivity contribution in [3.05, 3.63) is 24.3 Å². The number of ether oxygens (including phenoxy) is 1. The largest absolute Gasteiger partial charge is 0.407 e. The highest BCUT2D eigenvalue weighted by Crippen LogP contribution is 2.55. The highest BCUT2D eigenvalue weighted by molar-refractivity contribution is 6.74. The van der Waals surface area contributed by atoms with Crippen LogP contribution in [0.25, 0.3) is 0 Å². The highest BCUT2D eigenvalue weighted by atomic mass is 28.4. The zero-order valence-corrected chi connectivity index (χ0v) is 14.8. The summed E-state index contributed by atoms with van der Waals surface area (Å²) in [6, 6.07) is 0. The van der Waals surface area contributed by atoms with Crippen LogP contribution in [0.1, 0.15) is 40.0 Å². The van der Waals surface area contributed by atoms with Gasteiger partial charge in [0.2, 0.25) is 0 Å². The minimum absolute atomic E-state index is 0.00414. The molecule has 2 aliphatic carbocycles. The Balaban J connectivity index is 2.11. The summed E-state index contributed by atoms with van der Waals surface area (Å²) in [7, 11) is -1.74. The molecule has 0 aromatic rings. The molecule has 0 aromatic carbocycles. The van der Waals surface area contributed by atoms with Crippen LogP contribution in [-0.4, -0.2) is 27.1 Å². The third kappa shape index (κ3) is 2.68. The fourth-order valence-corrected chi connectivity index (χ4v) is 4.73. The maximum atomic E-state index is 6.86. The van der Waals surface area contributed by atoms with E-state index >= 15 is 0 Å². The molecule has 2 rings (SSSR count). The van der Waals surface area contributed by atoms with E-state index in [0.717, 1.165) is 0 Å². The molecule has 0 amide bonds. The SMILES string of the molecule is C=CCOCC1=C[C@H]2CCC[C@@]12O[Si](C)(C)C(C)(C)C. The molecule has 2 nitrogen and oxygen atoms in total. The first-order valence-corrected chi connectivity index (χ1v) is 10.7. The van der Waals surface area contributed by atoms with Gasteiger partial charge in [0.1, 0.15) is 0 Å². The summed E-state index contributed by atoms with van der Waals surface area (Å²) in [5, 5.41) is 0.261. The van der Waals surface area contributed by atoms with Gasteiger partial charge in [0.15, 0.2) is 8.32 Å². The van der Waals surface area contributed by atoms with Crippen LogP contribution in [0.15, 0.2) is 24.3 Å².